The number of pyridine rings is 1. The van der Waals surface area contributed by atoms with Crippen LogP contribution in [0.5, 0.6) is 0 Å². The van der Waals surface area contributed by atoms with Crippen LogP contribution in [0.15, 0.2) is 273 Å². The predicted octanol–water partition coefficient (Wildman–Crippen LogP) is 17.0. The van der Waals surface area contributed by atoms with Gasteiger partial charge in [0.15, 0.2) is 0 Å². The first-order valence-electron chi connectivity index (χ1n) is 23.7. The number of hydrogen-bond acceptors (Lipinski definition) is 2. The minimum absolute atomic E-state index is 0.549. The highest BCUT2D eigenvalue weighted by Gasteiger charge is 2.47. The second-order valence-electron chi connectivity index (χ2n) is 17.9. The zero-order chi connectivity index (χ0) is 45.7. The maximum atomic E-state index is 5.31. The molecule has 69 heavy (non-hydrogen) atoms. The molecule has 13 rings (SSSR count). The fourth-order valence-electron chi connectivity index (χ4n) is 11.1. The van der Waals surface area contributed by atoms with Crippen LogP contribution in [0.25, 0.3) is 72.1 Å². The highest BCUT2D eigenvalue weighted by atomic mass is 15.2. The lowest BCUT2D eigenvalue weighted by Crippen LogP contribution is -2.28. The Kier molecular flexibility index (Phi) is 9.73. The summed E-state index contributed by atoms with van der Waals surface area (Å²) in [6.07, 6.45) is 2.14. The average molecular weight is 880 g/mol. The molecular formula is C66H45N3. The Balaban J connectivity index is 1.06. The number of benzene rings is 10. The molecule has 0 fully saturated rings. The van der Waals surface area contributed by atoms with Gasteiger partial charge in [-0.15, -0.1) is 0 Å². The molecule has 0 radical (unpaired) electrons. The van der Waals surface area contributed by atoms with Gasteiger partial charge in [0.1, 0.15) is 5.69 Å². The molecule has 2 aromatic heterocycles. The quantitative estimate of drug-likeness (QED) is 0.144. The molecule has 0 bridgehead atoms. The van der Waals surface area contributed by atoms with Gasteiger partial charge < -0.3 is 4.90 Å². The topological polar surface area (TPSA) is 20.5 Å². The third kappa shape index (κ3) is 6.54. The summed E-state index contributed by atoms with van der Waals surface area (Å²) in [5.41, 5.74) is 20.3. The highest BCUT2D eigenvalue weighted by molar-refractivity contribution is 6.12. The van der Waals surface area contributed by atoms with Crippen molar-refractivity contribution in [2.75, 3.05) is 4.90 Å². The molecule has 0 atom stereocenters. The lowest BCUT2D eigenvalue weighted by molar-refractivity contribution is 0.768. The van der Waals surface area contributed by atoms with Crippen molar-refractivity contribution in [1.29, 1.82) is 0 Å². The summed E-state index contributed by atoms with van der Waals surface area (Å²) in [5.74, 6) is 0. The van der Waals surface area contributed by atoms with Crippen molar-refractivity contribution >= 4 is 33.4 Å². The van der Waals surface area contributed by atoms with Gasteiger partial charge in [-0.2, -0.15) is 5.10 Å². The second-order valence-corrected chi connectivity index (χ2v) is 17.9. The lowest BCUT2D eigenvalue weighted by Gasteiger charge is -2.34. The van der Waals surface area contributed by atoms with E-state index in [0.717, 1.165) is 61.3 Å². The van der Waals surface area contributed by atoms with Crippen LogP contribution in [0.3, 0.4) is 0 Å². The van der Waals surface area contributed by atoms with Crippen LogP contribution in [0.4, 0.5) is 17.1 Å². The first-order valence-corrected chi connectivity index (χ1v) is 23.7. The van der Waals surface area contributed by atoms with Crippen LogP contribution in [0.2, 0.25) is 0 Å². The molecule has 12 aromatic rings. The van der Waals surface area contributed by atoms with E-state index >= 15 is 0 Å². The minimum atomic E-state index is -0.549. The molecule has 0 amide bonds. The number of aromatic nitrogens is 2. The smallest absolute Gasteiger partial charge is 0.101 e. The molecule has 3 heteroatoms. The Morgan fingerprint density at radius 1 is 0.333 bits per heavy atom. The van der Waals surface area contributed by atoms with Crippen molar-refractivity contribution in [2.24, 2.45) is 0 Å². The lowest BCUT2D eigenvalue weighted by atomic mass is 9.68. The van der Waals surface area contributed by atoms with Crippen LogP contribution < -0.4 is 4.90 Å². The van der Waals surface area contributed by atoms with E-state index in [0.29, 0.717) is 0 Å². The zero-order valence-electron chi connectivity index (χ0n) is 37.8. The maximum absolute atomic E-state index is 5.31. The SMILES string of the molecule is c1ccc(-c2ccc(-c3ccc(N(c4cccc5c4-c4ccccc4C5(c4ccccc4)c4ccccc4)c4cccc5c4ccn4nc(-c6ccccc6)c(-c6ccccc6)c54)cc3)cc2)cc1. The number of nitrogens with zero attached hydrogens (tertiary/aromatic N) is 3. The number of fused-ring (bicyclic) bond motifs is 6. The largest absolute Gasteiger partial charge is 0.309 e. The molecule has 1 aliphatic carbocycles. The van der Waals surface area contributed by atoms with E-state index in [1.807, 2.05) is 0 Å². The van der Waals surface area contributed by atoms with Crippen LogP contribution >= 0.6 is 0 Å². The highest BCUT2D eigenvalue weighted by Crippen LogP contribution is 2.60. The van der Waals surface area contributed by atoms with Gasteiger partial charge >= 0.3 is 0 Å². The van der Waals surface area contributed by atoms with Gasteiger partial charge in [-0.1, -0.05) is 237 Å². The van der Waals surface area contributed by atoms with Gasteiger partial charge in [0.05, 0.1) is 22.3 Å². The molecule has 0 unspecified atom stereocenters. The summed E-state index contributed by atoms with van der Waals surface area (Å²) >= 11 is 0. The normalized spacial score (nSPS) is 12.5. The maximum Gasteiger partial charge on any atom is 0.101 e. The van der Waals surface area contributed by atoms with Crippen molar-refractivity contribution in [1.82, 2.24) is 9.61 Å². The van der Waals surface area contributed by atoms with E-state index in [-0.39, 0.29) is 0 Å². The van der Waals surface area contributed by atoms with Gasteiger partial charge in [-0.25, -0.2) is 4.52 Å². The van der Waals surface area contributed by atoms with Crippen LogP contribution in [0, 0.1) is 0 Å². The van der Waals surface area contributed by atoms with Crippen molar-refractivity contribution in [2.45, 2.75) is 5.41 Å². The van der Waals surface area contributed by atoms with Gasteiger partial charge in [0.25, 0.3) is 0 Å². The molecule has 0 N–H and O–H groups in total. The van der Waals surface area contributed by atoms with Crippen molar-refractivity contribution in [3.8, 4) is 55.8 Å². The molecule has 0 spiro atoms. The Hall–Kier alpha value is -9.05. The third-order valence-electron chi connectivity index (χ3n) is 14.1. The predicted molar refractivity (Wildman–Crippen MR) is 286 cm³/mol. The first-order chi connectivity index (χ1) is 34.3. The number of rotatable bonds is 9. The van der Waals surface area contributed by atoms with Gasteiger partial charge in [0.2, 0.25) is 0 Å². The Morgan fingerprint density at radius 3 is 1.43 bits per heavy atom. The summed E-state index contributed by atoms with van der Waals surface area (Å²) in [6, 6.07) is 97.0. The zero-order valence-corrected chi connectivity index (χ0v) is 37.8. The Labute approximate surface area is 402 Å². The molecule has 0 saturated heterocycles. The summed E-state index contributed by atoms with van der Waals surface area (Å²) in [5, 5.41) is 7.56. The Bertz CT molecular complexity index is 3750. The van der Waals surface area contributed by atoms with Gasteiger partial charge in [-0.05, 0) is 86.0 Å². The first kappa shape index (κ1) is 40.2. The van der Waals surface area contributed by atoms with E-state index < -0.39 is 5.41 Å². The van der Waals surface area contributed by atoms with Crippen LogP contribution in [-0.4, -0.2) is 9.61 Å². The molecular weight excluding hydrogens is 835 g/mol. The monoisotopic (exact) mass is 879 g/mol. The minimum Gasteiger partial charge on any atom is -0.309 e. The number of anilines is 3. The summed E-state index contributed by atoms with van der Waals surface area (Å²) in [7, 11) is 0. The molecule has 10 aromatic carbocycles. The molecule has 324 valence electrons. The Morgan fingerprint density at radius 2 is 0.812 bits per heavy atom. The van der Waals surface area contributed by atoms with Gasteiger partial charge in [-0.3, -0.25) is 0 Å². The molecule has 2 heterocycles. The van der Waals surface area contributed by atoms with Crippen molar-refractivity contribution in [3.05, 3.63) is 295 Å². The summed E-state index contributed by atoms with van der Waals surface area (Å²) in [6.45, 7) is 0. The van der Waals surface area contributed by atoms with Crippen LogP contribution in [0.1, 0.15) is 22.3 Å². The van der Waals surface area contributed by atoms with Gasteiger partial charge in [0, 0.05) is 39.3 Å². The molecule has 0 saturated carbocycles. The van der Waals surface area contributed by atoms with E-state index in [2.05, 4.69) is 283 Å². The molecule has 0 aliphatic heterocycles. The van der Waals surface area contributed by atoms with E-state index in [4.69, 9.17) is 5.10 Å². The summed E-state index contributed by atoms with van der Waals surface area (Å²) in [4.78, 5) is 2.50. The van der Waals surface area contributed by atoms with Crippen molar-refractivity contribution in [3.63, 3.8) is 0 Å². The average Bonchev–Trinajstić information content (AvgIpc) is 3.98. The number of hydrogen-bond donors (Lipinski definition) is 0. The van der Waals surface area contributed by atoms with E-state index in [1.54, 1.807) is 0 Å². The van der Waals surface area contributed by atoms with Crippen LogP contribution in [-0.2, 0) is 5.41 Å². The standard InChI is InChI=1S/C66H45N3/c1-6-20-46(21-7-1)47-36-38-48(39-37-47)49-40-42-54(43-41-49)69(60-34-18-31-56-55(60)44-45-68-65(56)62(50-22-8-2-9-23-50)64(67-68)51-24-10-3-11-25-51)61-35-19-33-59-63(61)57-30-16-17-32-58(57)66(59,52-26-12-4-13-27-52)53-28-14-5-15-29-53/h1-45H. The van der Waals surface area contributed by atoms with E-state index in [9.17, 15) is 0 Å². The third-order valence-corrected chi connectivity index (χ3v) is 14.1. The summed E-state index contributed by atoms with van der Waals surface area (Å²) < 4.78 is 2.07. The molecule has 1 aliphatic rings. The second kappa shape index (κ2) is 16.7. The fraction of sp³-hybridized carbons (Fsp3) is 0.0152. The van der Waals surface area contributed by atoms with E-state index in [1.165, 1.54) is 50.1 Å². The van der Waals surface area contributed by atoms with Crippen molar-refractivity contribution < 1.29 is 0 Å². The fourth-order valence-corrected chi connectivity index (χ4v) is 11.1. The molecule has 3 nitrogen and oxygen atoms in total.